The van der Waals surface area contributed by atoms with Crippen LogP contribution >= 0.6 is 0 Å². The van der Waals surface area contributed by atoms with Gasteiger partial charge in [0.25, 0.3) is 0 Å². The molecule has 0 saturated carbocycles. The number of hydrogen-bond donors (Lipinski definition) is 0. The summed E-state index contributed by atoms with van der Waals surface area (Å²) in [4.78, 5) is 12.4. The molecule has 1 rings (SSSR count). The lowest BCUT2D eigenvalue weighted by atomic mass is 10.3. The van der Waals surface area contributed by atoms with E-state index in [-0.39, 0.29) is 0 Å². The summed E-state index contributed by atoms with van der Waals surface area (Å²) < 4.78 is 5.26. The van der Waals surface area contributed by atoms with Crippen molar-refractivity contribution in [3.63, 3.8) is 0 Å². The Morgan fingerprint density at radius 2 is 2.36 bits per heavy atom. The Hall–Kier alpha value is -1.51. The number of aldehydes is 1. The maximum Gasteiger partial charge on any atom is 0.196 e. The smallest absolute Gasteiger partial charge is 0.196 e. The number of carbonyl (C=O) groups excluding carboxylic acids is 1. The summed E-state index contributed by atoms with van der Waals surface area (Å²) in [5.74, 6) is 1.10. The third kappa shape index (κ3) is 2.76. The van der Waals surface area contributed by atoms with Crippen LogP contribution in [0.25, 0.3) is 0 Å². The molecular formula is C11H15NO2. The van der Waals surface area contributed by atoms with Gasteiger partial charge in [0.2, 0.25) is 0 Å². The second-order valence-electron chi connectivity index (χ2n) is 3.15. The quantitative estimate of drug-likeness (QED) is 0.395. The summed E-state index contributed by atoms with van der Waals surface area (Å²) >= 11 is 0. The SMILES string of the molecule is C=CCCCN(C)c1ccc(C=O)o1. The molecule has 0 saturated heterocycles. The van der Waals surface area contributed by atoms with Crippen molar-refractivity contribution in [3.05, 3.63) is 30.5 Å². The van der Waals surface area contributed by atoms with Crippen LogP contribution in [0, 0.1) is 0 Å². The molecule has 3 nitrogen and oxygen atoms in total. The Morgan fingerprint density at radius 1 is 1.57 bits per heavy atom. The number of nitrogens with zero attached hydrogens (tertiary/aromatic N) is 1. The minimum absolute atomic E-state index is 0.371. The average molecular weight is 193 g/mol. The number of hydrogen-bond acceptors (Lipinski definition) is 3. The van der Waals surface area contributed by atoms with E-state index < -0.39 is 0 Å². The van der Waals surface area contributed by atoms with Crippen molar-refractivity contribution in [1.82, 2.24) is 0 Å². The lowest BCUT2D eigenvalue weighted by Crippen LogP contribution is -2.17. The van der Waals surface area contributed by atoms with Crippen LogP contribution in [0.1, 0.15) is 23.4 Å². The maximum atomic E-state index is 10.4. The van der Waals surface area contributed by atoms with Gasteiger partial charge in [0.15, 0.2) is 17.9 Å². The summed E-state index contributed by atoms with van der Waals surface area (Å²) in [7, 11) is 1.94. The van der Waals surface area contributed by atoms with Crippen molar-refractivity contribution in [2.24, 2.45) is 0 Å². The molecule has 76 valence electrons. The highest BCUT2D eigenvalue weighted by molar-refractivity contribution is 5.71. The fraction of sp³-hybridized carbons (Fsp3) is 0.364. The first-order valence-electron chi connectivity index (χ1n) is 4.65. The second kappa shape index (κ2) is 5.27. The van der Waals surface area contributed by atoms with Crippen LogP contribution in [0.5, 0.6) is 0 Å². The summed E-state index contributed by atoms with van der Waals surface area (Å²) in [5, 5.41) is 0. The Bertz CT molecular complexity index is 304. The van der Waals surface area contributed by atoms with Crippen molar-refractivity contribution in [3.8, 4) is 0 Å². The van der Waals surface area contributed by atoms with Gasteiger partial charge in [0, 0.05) is 19.7 Å². The molecule has 0 bridgehead atoms. The van der Waals surface area contributed by atoms with E-state index in [1.54, 1.807) is 12.1 Å². The molecule has 1 aromatic rings. The third-order valence-corrected chi connectivity index (χ3v) is 2.01. The molecular weight excluding hydrogens is 178 g/mol. The van der Waals surface area contributed by atoms with E-state index in [4.69, 9.17) is 4.42 Å². The Labute approximate surface area is 84.0 Å². The van der Waals surface area contributed by atoms with Gasteiger partial charge in [-0.3, -0.25) is 4.79 Å². The van der Waals surface area contributed by atoms with Crippen LogP contribution in [-0.2, 0) is 0 Å². The number of rotatable bonds is 6. The van der Waals surface area contributed by atoms with Gasteiger partial charge in [-0.05, 0) is 18.9 Å². The largest absolute Gasteiger partial charge is 0.438 e. The molecule has 1 heterocycles. The van der Waals surface area contributed by atoms with Gasteiger partial charge in [0.05, 0.1) is 0 Å². The van der Waals surface area contributed by atoms with Crippen molar-refractivity contribution in [2.45, 2.75) is 12.8 Å². The van der Waals surface area contributed by atoms with Gasteiger partial charge < -0.3 is 9.32 Å². The number of allylic oxidation sites excluding steroid dienone is 1. The molecule has 1 aromatic heterocycles. The van der Waals surface area contributed by atoms with E-state index in [0.29, 0.717) is 12.0 Å². The Morgan fingerprint density at radius 3 is 2.93 bits per heavy atom. The van der Waals surface area contributed by atoms with E-state index >= 15 is 0 Å². The fourth-order valence-electron chi connectivity index (χ4n) is 1.19. The highest BCUT2D eigenvalue weighted by atomic mass is 16.4. The monoisotopic (exact) mass is 193 g/mol. The molecule has 0 fully saturated rings. The molecule has 14 heavy (non-hydrogen) atoms. The molecule has 0 aliphatic carbocycles. The van der Waals surface area contributed by atoms with Gasteiger partial charge in [-0.2, -0.15) is 0 Å². The molecule has 0 aliphatic heterocycles. The third-order valence-electron chi connectivity index (χ3n) is 2.01. The van der Waals surface area contributed by atoms with Gasteiger partial charge in [0.1, 0.15) is 0 Å². The summed E-state index contributed by atoms with van der Waals surface area (Å²) in [6.45, 7) is 4.56. The minimum atomic E-state index is 0.371. The van der Waals surface area contributed by atoms with Crippen molar-refractivity contribution < 1.29 is 9.21 Å². The van der Waals surface area contributed by atoms with E-state index in [1.165, 1.54) is 0 Å². The van der Waals surface area contributed by atoms with E-state index in [0.717, 1.165) is 25.3 Å². The van der Waals surface area contributed by atoms with E-state index in [1.807, 2.05) is 18.0 Å². The standard InChI is InChI=1S/C11H15NO2/c1-3-4-5-8-12(2)11-7-6-10(9-13)14-11/h3,6-7,9H,1,4-5,8H2,2H3. The number of carbonyl (C=O) groups is 1. The number of anilines is 1. The zero-order valence-corrected chi connectivity index (χ0v) is 8.40. The maximum absolute atomic E-state index is 10.4. The van der Waals surface area contributed by atoms with Crippen LogP contribution in [0.15, 0.2) is 29.2 Å². The van der Waals surface area contributed by atoms with E-state index in [2.05, 4.69) is 6.58 Å². The molecule has 0 atom stereocenters. The molecule has 3 heteroatoms. The first-order valence-corrected chi connectivity index (χ1v) is 4.65. The van der Waals surface area contributed by atoms with Crippen LogP contribution in [0.3, 0.4) is 0 Å². The van der Waals surface area contributed by atoms with Gasteiger partial charge >= 0.3 is 0 Å². The predicted octanol–water partition coefficient (Wildman–Crippen LogP) is 2.49. The van der Waals surface area contributed by atoms with E-state index in [9.17, 15) is 4.79 Å². The lowest BCUT2D eigenvalue weighted by molar-refractivity contribution is 0.110. The average Bonchev–Trinajstić information content (AvgIpc) is 2.66. The summed E-state index contributed by atoms with van der Waals surface area (Å²) in [5.41, 5.74) is 0. The highest BCUT2D eigenvalue weighted by Gasteiger charge is 2.05. The predicted molar refractivity (Wildman–Crippen MR) is 56.8 cm³/mol. The Kier molecular flexibility index (Phi) is 3.98. The first kappa shape index (κ1) is 10.6. The molecule has 0 N–H and O–H groups in total. The summed E-state index contributed by atoms with van der Waals surface area (Å²) in [6.07, 6.45) is 4.64. The van der Waals surface area contributed by atoms with Crippen LogP contribution < -0.4 is 4.90 Å². The Balaban J connectivity index is 2.46. The van der Waals surface area contributed by atoms with Gasteiger partial charge in [-0.25, -0.2) is 0 Å². The van der Waals surface area contributed by atoms with Crippen LogP contribution in [0.4, 0.5) is 5.88 Å². The van der Waals surface area contributed by atoms with Crippen molar-refractivity contribution >= 4 is 12.2 Å². The zero-order chi connectivity index (χ0) is 10.4. The molecule has 0 amide bonds. The number of unbranched alkanes of at least 4 members (excludes halogenated alkanes) is 1. The lowest BCUT2D eigenvalue weighted by Gasteiger charge is -2.14. The van der Waals surface area contributed by atoms with Gasteiger partial charge in [-0.15, -0.1) is 6.58 Å². The minimum Gasteiger partial charge on any atom is -0.438 e. The molecule has 0 aromatic carbocycles. The first-order chi connectivity index (χ1) is 6.77. The summed E-state index contributed by atoms with van der Waals surface area (Å²) in [6, 6.07) is 3.48. The highest BCUT2D eigenvalue weighted by Crippen LogP contribution is 2.16. The second-order valence-corrected chi connectivity index (χ2v) is 3.15. The van der Waals surface area contributed by atoms with Crippen molar-refractivity contribution in [2.75, 3.05) is 18.5 Å². The van der Waals surface area contributed by atoms with Crippen molar-refractivity contribution in [1.29, 1.82) is 0 Å². The van der Waals surface area contributed by atoms with Crippen LogP contribution in [-0.4, -0.2) is 19.9 Å². The molecule has 0 spiro atoms. The number of furan rings is 1. The molecule has 0 aliphatic rings. The van der Waals surface area contributed by atoms with Crippen LogP contribution in [0.2, 0.25) is 0 Å². The molecule has 0 unspecified atom stereocenters. The normalized spacial score (nSPS) is 9.79. The molecule has 0 radical (unpaired) electrons. The fourth-order valence-corrected chi connectivity index (χ4v) is 1.19. The van der Waals surface area contributed by atoms with Gasteiger partial charge in [-0.1, -0.05) is 6.08 Å². The topological polar surface area (TPSA) is 33.5 Å². The zero-order valence-electron chi connectivity index (χ0n) is 8.40.